The van der Waals surface area contributed by atoms with Crippen LogP contribution in [0, 0.1) is 11.7 Å². The van der Waals surface area contributed by atoms with Crippen LogP contribution in [0.3, 0.4) is 0 Å². The lowest BCUT2D eigenvalue weighted by Gasteiger charge is -2.17. The minimum atomic E-state index is -3.27. The lowest BCUT2D eigenvalue weighted by molar-refractivity contribution is 0.102. The standard InChI is InChI=1S/C18H23N3O3S/c1-5-24-25(19,23)16-10-7-14(8-11-16)18(22)20-15-9-6-13(2)17(12-15)21(3)4/h6-12,19H,5H2,1-4H3,(H,20,22). The molecule has 0 aliphatic carbocycles. The van der Waals surface area contributed by atoms with Gasteiger partial charge in [-0.25, -0.2) is 8.99 Å². The van der Waals surface area contributed by atoms with E-state index in [4.69, 9.17) is 8.96 Å². The molecule has 0 bridgehead atoms. The molecule has 2 rings (SSSR count). The van der Waals surface area contributed by atoms with Crippen LogP contribution in [0.25, 0.3) is 0 Å². The van der Waals surface area contributed by atoms with Gasteiger partial charge in [-0.05, 0) is 55.8 Å². The highest BCUT2D eigenvalue weighted by molar-refractivity contribution is 7.87. The molecule has 0 aliphatic rings. The fourth-order valence-electron chi connectivity index (χ4n) is 2.39. The molecule has 0 aromatic heterocycles. The number of aryl methyl sites for hydroxylation is 1. The average molecular weight is 361 g/mol. The van der Waals surface area contributed by atoms with Crippen molar-refractivity contribution in [1.82, 2.24) is 0 Å². The van der Waals surface area contributed by atoms with Crippen molar-refractivity contribution in [1.29, 1.82) is 4.78 Å². The molecule has 134 valence electrons. The lowest BCUT2D eigenvalue weighted by Crippen LogP contribution is -2.14. The Balaban J connectivity index is 2.18. The van der Waals surface area contributed by atoms with Crippen LogP contribution in [0.15, 0.2) is 47.4 Å². The number of amides is 1. The Kier molecular flexibility index (Phi) is 5.81. The summed E-state index contributed by atoms with van der Waals surface area (Å²) in [5.74, 6) is -0.270. The third-order valence-electron chi connectivity index (χ3n) is 3.66. The number of nitrogens with one attached hydrogen (secondary N) is 2. The zero-order chi connectivity index (χ0) is 18.6. The molecule has 0 saturated heterocycles. The molecule has 25 heavy (non-hydrogen) atoms. The Labute approximate surface area is 149 Å². The Morgan fingerprint density at radius 1 is 1.20 bits per heavy atom. The largest absolute Gasteiger partial charge is 0.377 e. The van der Waals surface area contributed by atoms with E-state index in [9.17, 15) is 9.00 Å². The normalized spacial score (nSPS) is 13.1. The molecule has 0 heterocycles. The topological polar surface area (TPSA) is 82.5 Å². The summed E-state index contributed by atoms with van der Waals surface area (Å²) in [5, 5.41) is 2.85. The van der Waals surface area contributed by atoms with Crippen molar-refractivity contribution in [2.75, 3.05) is 30.9 Å². The Morgan fingerprint density at radius 3 is 2.40 bits per heavy atom. The van der Waals surface area contributed by atoms with E-state index in [-0.39, 0.29) is 17.4 Å². The predicted molar refractivity (Wildman–Crippen MR) is 101 cm³/mol. The van der Waals surface area contributed by atoms with Gasteiger partial charge in [0, 0.05) is 31.0 Å². The van der Waals surface area contributed by atoms with Gasteiger partial charge in [0.05, 0.1) is 11.5 Å². The molecular formula is C18H23N3O3S. The minimum Gasteiger partial charge on any atom is -0.377 e. The van der Waals surface area contributed by atoms with Crippen LogP contribution < -0.4 is 10.2 Å². The van der Waals surface area contributed by atoms with Gasteiger partial charge in [0.1, 0.15) is 0 Å². The Morgan fingerprint density at radius 2 is 1.84 bits per heavy atom. The van der Waals surface area contributed by atoms with Crippen molar-refractivity contribution in [3.8, 4) is 0 Å². The third kappa shape index (κ3) is 4.58. The van der Waals surface area contributed by atoms with Crippen molar-refractivity contribution >= 4 is 27.3 Å². The van der Waals surface area contributed by atoms with Crippen molar-refractivity contribution < 1.29 is 13.2 Å². The van der Waals surface area contributed by atoms with Crippen LogP contribution in [-0.2, 0) is 14.2 Å². The summed E-state index contributed by atoms with van der Waals surface area (Å²) in [6, 6.07) is 11.8. The molecule has 2 aromatic rings. The molecule has 0 spiro atoms. The summed E-state index contributed by atoms with van der Waals surface area (Å²) in [5.41, 5.74) is 3.26. The van der Waals surface area contributed by atoms with E-state index in [1.807, 2.05) is 44.1 Å². The zero-order valence-electron chi connectivity index (χ0n) is 14.8. The van der Waals surface area contributed by atoms with E-state index in [1.165, 1.54) is 12.1 Å². The van der Waals surface area contributed by atoms with Gasteiger partial charge >= 0.3 is 0 Å². The number of nitrogens with zero attached hydrogens (tertiary/aromatic N) is 1. The molecule has 0 fully saturated rings. The number of carbonyl (C=O) groups excluding carboxylic acids is 1. The number of hydrogen-bond acceptors (Lipinski definition) is 5. The summed E-state index contributed by atoms with van der Waals surface area (Å²) in [7, 11) is 0.627. The van der Waals surface area contributed by atoms with Crippen LogP contribution in [-0.4, -0.2) is 30.8 Å². The monoisotopic (exact) mass is 361 g/mol. The van der Waals surface area contributed by atoms with Crippen LogP contribution in [0.5, 0.6) is 0 Å². The summed E-state index contributed by atoms with van der Waals surface area (Å²) in [6.45, 7) is 3.88. The maximum Gasteiger partial charge on any atom is 0.255 e. The van der Waals surface area contributed by atoms with E-state index < -0.39 is 10.0 Å². The van der Waals surface area contributed by atoms with Gasteiger partial charge in [-0.15, -0.1) is 0 Å². The molecule has 0 aliphatic heterocycles. The summed E-state index contributed by atoms with van der Waals surface area (Å²) in [4.78, 5) is 14.6. The third-order valence-corrected chi connectivity index (χ3v) is 5.12. The van der Waals surface area contributed by atoms with E-state index in [0.29, 0.717) is 11.3 Å². The second-order valence-electron chi connectivity index (χ2n) is 5.78. The highest BCUT2D eigenvalue weighted by Crippen LogP contribution is 2.23. The molecule has 1 unspecified atom stereocenters. The lowest BCUT2D eigenvalue weighted by atomic mass is 10.1. The summed E-state index contributed by atoms with van der Waals surface area (Å²) < 4.78 is 24.7. The fraction of sp³-hybridized carbons (Fsp3) is 0.278. The van der Waals surface area contributed by atoms with Crippen molar-refractivity contribution in [2.24, 2.45) is 0 Å². The molecule has 7 heteroatoms. The number of hydrogen-bond donors (Lipinski definition) is 2. The van der Waals surface area contributed by atoms with Crippen molar-refractivity contribution in [3.63, 3.8) is 0 Å². The molecule has 0 radical (unpaired) electrons. The van der Waals surface area contributed by atoms with Crippen LogP contribution in [0.2, 0.25) is 0 Å². The van der Waals surface area contributed by atoms with Gasteiger partial charge in [-0.1, -0.05) is 6.07 Å². The van der Waals surface area contributed by atoms with Gasteiger partial charge in [0.25, 0.3) is 5.91 Å². The fourth-order valence-corrected chi connectivity index (χ4v) is 3.35. The minimum absolute atomic E-state index is 0.187. The first-order chi connectivity index (χ1) is 11.7. The van der Waals surface area contributed by atoms with Crippen molar-refractivity contribution in [3.05, 3.63) is 53.6 Å². The van der Waals surface area contributed by atoms with E-state index in [0.717, 1.165) is 11.3 Å². The second-order valence-corrected chi connectivity index (χ2v) is 7.50. The van der Waals surface area contributed by atoms with E-state index >= 15 is 0 Å². The Hall–Kier alpha value is -2.38. The maximum absolute atomic E-state index is 12.4. The van der Waals surface area contributed by atoms with Gasteiger partial charge in [-0.3, -0.25) is 8.98 Å². The first-order valence-electron chi connectivity index (χ1n) is 7.87. The number of carbonyl (C=O) groups is 1. The average Bonchev–Trinajstić information content (AvgIpc) is 2.56. The summed E-state index contributed by atoms with van der Waals surface area (Å²) in [6.07, 6.45) is 0. The number of rotatable bonds is 6. The van der Waals surface area contributed by atoms with Crippen LogP contribution in [0.1, 0.15) is 22.8 Å². The first-order valence-corrected chi connectivity index (χ1v) is 9.35. The maximum atomic E-state index is 12.4. The van der Waals surface area contributed by atoms with E-state index in [1.54, 1.807) is 19.1 Å². The Bertz CT molecular complexity index is 860. The summed E-state index contributed by atoms with van der Waals surface area (Å²) >= 11 is 0. The molecule has 2 aromatic carbocycles. The molecule has 0 saturated carbocycles. The predicted octanol–water partition coefficient (Wildman–Crippen LogP) is 3.67. The SMILES string of the molecule is CCOS(=N)(=O)c1ccc(C(=O)Nc2ccc(C)c(N(C)C)c2)cc1. The molecule has 2 N–H and O–H groups in total. The zero-order valence-corrected chi connectivity index (χ0v) is 15.6. The van der Waals surface area contributed by atoms with Gasteiger partial charge < -0.3 is 10.2 Å². The molecule has 1 amide bonds. The van der Waals surface area contributed by atoms with Gasteiger partial charge in [-0.2, -0.15) is 0 Å². The number of benzene rings is 2. The highest BCUT2D eigenvalue weighted by Gasteiger charge is 2.12. The van der Waals surface area contributed by atoms with Crippen LogP contribution in [0.4, 0.5) is 11.4 Å². The highest BCUT2D eigenvalue weighted by atomic mass is 32.2. The van der Waals surface area contributed by atoms with Gasteiger partial charge in [0.15, 0.2) is 10.0 Å². The van der Waals surface area contributed by atoms with Crippen LogP contribution >= 0.6 is 0 Å². The second kappa shape index (κ2) is 7.67. The first kappa shape index (κ1) is 19.0. The number of anilines is 2. The van der Waals surface area contributed by atoms with E-state index in [2.05, 4.69) is 5.32 Å². The van der Waals surface area contributed by atoms with Gasteiger partial charge in [0.2, 0.25) is 0 Å². The quantitative estimate of drug-likeness (QED) is 0.822. The molecular weight excluding hydrogens is 338 g/mol. The smallest absolute Gasteiger partial charge is 0.255 e. The van der Waals surface area contributed by atoms with Crippen molar-refractivity contribution in [2.45, 2.75) is 18.7 Å². The molecule has 6 nitrogen and oxygen atoms in total. The molecule has 1 atom stereocenters.